The molecule has 0 aliphatic rings. The third-order valence-electron chi connectivity index (χ3n) is 1.73. The highest BCUT2D eigenvalue weighted by Gasteiger charge is 2.04. The molecule has 0 aliphatic heterocycles. The van der Waals surface area contributed by atoms with Crippen molar-refractivity contribution >= 4 is 11.6 Å². The van der Waals surface area contributed by atoms with Gasteiger partial charge in [0.25, 0.3) is 0 Å². The van der Waals surface area contributed by atoms with E-state index in [0.717, 1.165) is 11.3 Å². The maximum Gasteiger partial charge on any atom is 0.123 e. The van der Waals surface area contributed by atoms with Gasteiger partial charge in [-0.3, -0.25) is 0 Å². The van der Waals surface area contributed by atoms with Crippen LogP contribution in [0, 0.1) is 6.92 Å². The number of hydrogen-bond acceptors (Lipinski definition) is 3. The van der Waals surface area contributed by atoms with Crippen LogP contribution >= 0.6 is 0 Å². The summed E-state index contributed by atoms with van der Waals surface area (Å²) in [6, 6.07) is 3.61. The Balaban J connectivity index is 2.95. The van der Waals surface area contributed by atoms with Crippen LogP contribution in [0.1, 0.15) is 18.2 Å². The first kappa shape index (κ1) is 9.58. The molecule has 0 bridgehead atoms. The molecule has 0 atom stereocenters. The second-order valence-corrected chi connectivity index (χ2v) is 2.73. The molecule has 0 spiro atoms. The summed E-state index contributed by atoms with van der Waals surface area (Å²) < 4.78 is 5.27. The minimum atomic E-state index is 0.519. The first-order valence-corrected chi connectivity index (χ1v) is 4.20. The van der Waals surface area contributed by atoms with Gasteiger partial charge in [-0.05, 0) is 26.0 Å². The van der Waals surface area contributed by atoms with Gasteiger partial charge in [-0.2, -0.15) is 0 Å². The highest BCUT2D eigenvalue weighted by Crippen LogP contribution is 2.17. The van der Waals surface area contributed by atoms with Crippen molar-refractivity contribution in [1.82, 2.24) is 4.98 Å². The van der Waals surface area contributed by atoms with Gasteiger partial charge in [0.15, 0.2) is 0 Å². The van der Waals surface area contributed by atoms with Gasteiger partial charge in [0.1, 0.15) is 11.6 Å². The van der Waals surface area contributed by atoms with Crippen LogP contribution in [0.25, 0.3) is 5.76 Å². The summed E-state index contributed by atoms with van der Waals surface area (Å²) in [6.45, 7) is 8.22. The molecule has 0 radical (unpaired) electrons. The molecule has 0 fully saturated rings. The molecule has 0 aromatic carbocycles. The molecular formula is C10H14N2O. The first-order valence-electron chi connectivity index (χ1n) is 4.20. The number of ether oxygens (including phenoxy) is 1. The molecule has 0 saturated heterocycles. The lowest BCUT2D eigenvalue weighted by atomic mass is 10.2. The maximum atomic E-state index is 5.52. The Kier molecular flexibility index (Phi) is 2.90. The summed E-state index contributed by atoms with van der Waals surface area (Å²) in [6.07, 6.45) is 0. The highest BCUT2D eigenvalue weighted by molar-refractivity contribution is 5.60. The summed E-state index contributed by atoms with van der Waals surface area (Å²) >= 11 is 0. The number of hydrogen-bond donors (Lipinski definition) is 1. The van der Waals surface area contributed by atoms with Crippen molar-refractivity contribution in [3.05, 3.63) is 30.0 Å². The molecule has 0 aliphatic carbocycles. The minimum Gasteiger partial charge on any atom is -0.494 e. The molecule has 3 nitrogen and oxygen atoms in total. The first-order chi connectivity index (χ1) is 6.15. The summed E-state index contributed by atoms with van der Waals surface area (Å²) in [5.74, 6) is 1.16. The van der Waals surface area contributed by atoms with Crippen molar-refractivity contribution in [3.8, 4) is 0 Å². The summed E-state index contributed by atoms with van der Waals surface area (Å²) in [7, 11) is 0. The molecule has 0 amide bonds. The van der Waals surface area contributed by atoms with E-state index in [1.807, 2.05) is 19.9 Å². The second-order valence-electron chi connectivity index (χ2n) is 2.73. The highest BCUT2D eigenvalue weighted by atomic mass is 16.5. The Morgan fingerprint density at radius 3 is 2.85 bits per heavy atom. The molecule has 1 heterocycles. The number of nitrogens with two attached hydrogens (primary N) is 1. The third-order valence-corrected chi connectivity index (χ3v) is 1.73. The lowest BCUT2D eigenvalue weighted by Gasteiger charge is -2.09. The fraction of sp³-hybridized carbons (Fsp3) is 0.300. The molecule has 70 valence electrons. The Morgan fingerprint density at radius 2 is 2.31 bits per heavy atom. The van der Waals surface area contributed by atoms with Gasteiger partial charge in [-0.1, -0.05) is 6.58 Å². The largest absolute Gasteiger partial charge is 0.494 e. The van der Waals surface area contributed by atoms with Crippen LogP contribution in [0.4, 0.5) is 5.82 Å². The molecule has 2 N–H and O–H groups in total. The molecule has 1 aromatic rings. The molecule has 0 saturated carbocycles. The van der Waals surface area contributed by atoms with Gasteiger partial charge in [0.05, 0.1) is 12.3 Å². The lowest BCUT2D eigenvalue weighted by molar-refractivity contribution is 0.299. The van der Waals surface area contributed by atoms with Crippen molar-refractivity contribution in [2.45, 2.75) is 13.8 Å². The normalized spacial score (nSPS) is 9.69. The third kappa shape index (κ3) is 2.21. The van der Waals surface area contributed by atoms with E-state index in [-0.39, 0.29) is 0 Å². The predicted octanol–water partition coefficient (Wildman–Crippen LogP) is 1.98. The van der Waals surface area contributed by atoms with Crippen molar-refractivity contribution in [1.29, 1.82) is 0 Å². The number of anilines is 1. The Labute approximate surface area is 78.2 Å². The summed E-state index contributed by atoms with van der Waals surface area (Å²) in [5, 5.41) is 0. The van der Waals surface area contributed by atoms with E-state index < -0.39 is 0 Å². The molecule has 13 heavy (non-hydrogen) atoms. The molecule has 1 aromatic heterocycles. The SMILES string of the molecule is C=C(OCC)c1ccc(N)nc1C. The number of nitrogen functional groups attached to an aromatic ring is 1. The maximum absolute atomic E-state index is 5.52. The minimum absolute atomic E-state index is 0.519. The number of pyridine rings is 1. The van der Waals surface area contributed by atoms with Crippen molar-refractivity contribution < 1.29 is 4.74 Å². The molecular weight excluding hydrogens is 164 g/mol. The zero-order valence-electron chi connectivity index (χ0n) is 8.00. The van der Waals surface area contributed by atoms with Gasteiger partial charge >= 0.3 is 0 Å². The number of rotatable bonds is 3. The van der Waals surface area contributed by atoms with E-state index >= 15 is 0 Å². The Morgan fingerprint density at radius 1 is 1.62 bits per heavy atom. The fourth-order valence-electron chi connectivity index (χ4n) is 1.13. The quantitative estimate of drug-likeness (QED) is 0.720. The van der Waals surface area contributed by atoms with Crippen LogP contribution in [0.2, 0.25) is 0 Å². The number of nitrogens with zero attached hydrogens (tertiary/aromatic N) is 1. The fourth-order valence-corrected chi connectivity index (χ4v) is 1.13. The van der Waals surface area contributed by atoms with E-state index in [9.17, 15) is 0 Å². The Hall–Kier alpha value is -1.51. The van der Waals surface area contributed by atoms with E-state index in [2.05, 4.69) is 11.6 Å². The number of aromatic nitrogens is 1. The van der Waals surface area contributed by atoms with Crippen molar-refractivity contribution in [2.24, 2.45) is 0 Å². The van der Waals surface area contributed by atoms with Crippen LogP contribution in [0.5, 0.6) is 0 Å². The standard InChI is InChI=1S/C10H14N2O/c1-4-13-8(3)9-5-6-10(11)12-7(9)2/h5-6H,3-4H2,1-2H3,(H2,11,12). The van der Waals surface area contributed by atoms with Gasteiger partial charge in [-0.25, -0.2) is 4.98 Å². The van der Waals surface area contributed by atoms with E-state index in [0.29, 0.717) is 18.2 Å². The molecule has 0 unspecified atom stereocenters. The smallest absolute Gasteiger partial charge is 0.123 e. The molecule has 3 heteroatoms. The second kappa shape index (κ2) is 3.94. The zero-order valence-corrected chi connectivity index (χ0v) is 8.00. The van der Waals surface area contributed by atoms with Gasteiger partial charge < -0.3 is 10.5 Å². The van der Waals surface area contributed by atoms with Crippen molar-refractivity contribution in [2.75, 3.05) is 12.3 Å². The topological polar surface area (TPSA) is 48.1 Å². The van der Waals surface area contributed by atoms with Gasteiger partial charge in [0.2, 0.25) is 0 Å². The van der Waals surface area contributed by atoms with Crippen molar-refractivity contribution in [3.63, 3.8) is 0 Å². The summed E-state index contributed by atoms with van der Waals surface area (Å²) in [4.78, 5) is 4.11. The van der Waals surface area contributed by atoms with Crippen LogP contribution in [-0.2, 0) is 4.74 Å². The average molecular weight is 178 g/mol. The van der Waals surface area contributed by atoms with Crippen LogP contribution in [-0.4, -0.2) is 11.6 Å². The summed E-state index contributed by atoms with van der Waals surface area (Å²) in [5.41, 5.74) is 7.28. The zero-order chi connectivity index (χ0) is 9.84. The van der Waals surface area contributed by atoms with E-state index in [1.54, 1.807) is 6.07 Å². The van der Waals surface area contributed by atoms with Gasteiger partial charge in [-0.15, -0.1) is 0 Å². The van der Waals surface area contributed by atoms with E-state index in [4.69, 9.17) is 10.5 Å². The predicted molar refractivity (Wildman–Crippen MR) is 54.0 cm³/mol. The van der Waals surface area contributed by atoms with E-state index in [1.165, 1.54) is 0 Å². The lowest BCUT2D eigenvalue weighted by Crippen LogP contribution is -1.98. The molecule has 1 rings (SSSR count). The monoisotopic (exact) mass is 178 g/mol. The Bertz CT molecular complexity index is 321. The average Bonchev–Trinajstić information content (AvgIpc) is 2.04. The van der Waals surface area contributed by atoms with Gasteiger partial charge in [0, 0.05) is 5.56 Å². The van der Waals surface area contributed by atoms with Crippen LogP contribution < -0.4 is 5.73 Å². The number of aryl methyl sites for hydroxylation is 1. The van der Waals surface area contributed by atoms with Crippen LogP contribution in [0.3, 0.4) is 0 Å². The van der Waals surface area contributed by atoms with Crippen LogP contribution in [0.15, 0.2) is 18.7 Å².